The molecular weight excluding hydrogens is 480 g/mol. The molecule has 0 spiro atoms. The van der Waals surface area contributed by atoms with Crippen LogP contribution in [0.3, 0.4) is 0 Å². The number of hydrogen-bond donors (Lipinski definition) is 3. The maximum Gasteiger partial charge on any atom is 0.315 e. The summed E-state index contributed by atoms with van der Waals surface area (Å²) in [4.78, 5) is 11.7. The largest absolute Gasteiger partial charge is 0.392 e. The van der Waals surface area contributed by atoms with Gasteiger partial charge in [-0.25, -0.2) is 9.48 Å². The van der Waals surface area contributed by atoms with Gasteiger partial charge >= 0.3 is 6.03 Å². The van der Waals surface area contributed by atoms with Gasteiger partial charge in [-0.15, -0.1) is 5.10 Å². The first-order chi connectivity index (χ1) is 17.5. The normalized spacial score (nSPS) is 21.8. The van der Waals surface area contributed by atoms with E-state index in [2.05, 4.69) is 33.1 Å². The van der Waals surface area contributed by atoms with Crippen LogP contribution < -0.4 is 10.6 Å². The molecule has 4 rings (SSSR count). The molecular formula is C25H32N6O4S. The molecule has 2 heterocycles. The number of ether oxygens (including phenoxy) is 2. The minimum atomic E-state index is -0.558. The lowest BCUT2D eigenvalue weighted by molar-refractivity contribution is -0.268. The summed E-state index contributed by atoms with van der Waals surface area (Å²) in [6, 6.07) is 15.5. The van der Waals surface area contributed by atoms with Gasteiger partial charge in [-0.3, -0.25) is 0 Å². The zero-order valence-electron chi connectivity index (χ0n) is 20.6. The van der Waals surface area contributed by atoms with Crippen molar-refractivity contribution in [1.82, 2.24) is 30.8 Å². The highest BCUT2D eigenvalue weighted by molar-refractivity contribution is 7.99. The Labute approximate surface area is 214 Å². The maximum absolute atomic E-state index is 11.7. The molecule has 4 atom stereocenters. The van der Waals surface area contributed by atoms with Crippen LogP contribution in [0.25, 0.3) is 0 Å². The third-order valence-electron chi connectivity index (χ3n) is 6.12. The molecule has 0 bridgehead atoms. The number of carbonyl (C=O) groups excluding carboxylic acids is 1. The number of carbonyl (C=O) groups is 1. The number of thioether (sulfide) groups is 1. The van der Waals surface area contributed by atoms with Gasteiger partial charge in [0.25, 0.3) is 0 Å². The van der Waals surface area contributed by atoms with Gasteiger partial charge in [-0.05, 0) is 34.0 Å². The third-order valence-corrected chi connectivity index (χ3v) is 7.22. The van der Waals surface area contributed by atoms with E-state index >= 15 is 0 Å². The molecule has 0 aliphatic carbocycles. The van der Waals surface area contributed by atoms with Crippen LogP contribution >= 0.6 is 11.8 Å². The Balaban J connectivity index is 1.51. The summed E-state index contributed by atoms with van der Waals surface area (Å²) in [5, 5.41) is 27.4. The van der Waals surface area contributed by atoms with Crippen LogP contribution in [-0.4, -0.2) is 49.7 Å². The lowest BCUT2D eigenvalue weighted by Crippen LogP contribution is -2.38. The molecule has 2 aromatic carbocycles. The fourth-order valence-electron chi connectivity index (χ4n) is 4.01. The van der Waals surface area contributed by atoms with Gasteiger partial charge in [-0.2, -0.15) is 0 Å². The number of aromatic nitrogens is 4. The van der Waals surface area contributed by atoms with Gasteiger partial charge in [0, 0.05) is 37.4 Å². The number of amides is 2. The summed E-state index contributed by atoms with van der Waals surface area (Å²) < 4.78 is 14.6. The third kappa shape index (κ3) is 6.41. The van der Waals surface area contributed by atoms with E-state index in [9.17, 15) is 9.90 Å². The topological polar surface area (TPSA) is 123 Å². The first-order valence-electron chi connectivity index (χ1n) is 11.9. The molecule has 1 aromatic heterocycles. The van der Waals surface area contributed by atoms with Gasteiger partial charge in [0.1, 0.15) is 0 Å². The lowest BCUT2D eigenvalue weighted by Gasteiger charge is -2.41. The molecule has 3 aromatic rings. The first-order valence-corrected chi connectivity index (χ1v) is 12.9. The van der Waals surface area contributed by atoms with Gasteiger partial charge in [0.2, 0.25) is 5.16 Å². The number of hydrogen-bond acceptors (Lipinski definition) is 8. The summed E-state index contributed by atoms with van der Waals surface area (Å²) in [6.07, 6.45) is -0.872. The predicted octanol–water partition coefficient (Wildman–Crippen LogP) is 3.11. The molecule has 1 saturated heterocycles. The average molecular weight is 513 g/mol. The van der Waals surface area contributed by atoms with E-state index in [-0.39, 0.29) is 30.8 Å². The molecule has 10 nitrogen and oxygen atoms in total. The SMILES string of the molecule is CCNC(=O)NCc1ccc([C@H]2O[C@@H](CSc3nnnn3C)[C@@H](C)[C@@H](c3ccc(CO)cc3)O2)cc1. The molecule has 3 N–H and O–H groups in total. The fraction of sp³-hybridized carbons (Fsp3) is 0.440. The number of urea groups is 1. The Morgan fingerprint density at radius 1 is 1.06 bits per heavy atom. The summed E-state index contributed by atoms with van der Waals surface area (Å²) >= 11 is 1.55. The summed E-state index contributed by atoms with van der Waals surface area (Å²) in [5.74, 6) is 0.727. The van der Waals surface area contributed by atoms with Crippen molar-refractivity contribution in [2.24, 2.45) is 13.0 Å². The number of benzene rings is 2. The van der Waals surface area contributed by atoms with Crippen LogP contribution in [0.2, 0.25) is 0 Å². The average Bonchev–Trinajstić information content (AvgIpc) is 3.32. The van der Waals surface area contributed by atoms with Crippen molar-refractivity contribution in [2.75, 3.05) is 12.3 Å². The number of aliphatic hydroxyl groups excluding tert-OH is 1. The van der Waals surface area contributed by atoms with Crippen LogP contribution in [0.4, 0.5) is 4.79 Å². The van der Waals surface area contributed by atoms with Crippen molar-refractivity contribution in [3.63, 3.8) is 0 Å². The second-order valence-corrected chi connectivity index (χ2v) is 9.66. The van der Waals surface area contributed by atoms with Crippen molar-refractivity contribution in [1.29, 1.82) is 0 Å². The molecule has 2 amide bonds. The zero-order chi connectivity index (χ0) is 25.5. The van der Waals surface area contributed by atoms with Gasteiger partial charge < -0.3 is 25.2 Å². The number of nitrogens with zero attached hydrogens (tertiary/aromatic N) is 4. The summed E-state index contributed by atoms with van der Waals surface area (Å²) in [5.41, 5.74) is 3.77. The monoisotopic (exact) mass is 512 g/mol. The Bertz CT molecular complexity index is 1120. The van der Waals surface area contributed by atoms with Crippen LogP contribution in [-0.2, 0) is 29.7 Å². The van der Waals surface area contributed by atoms with E-state index in [1.54, 1.807) is 16.4 Å². The van der Waals surface area contributed by atoms with E-state index in [0.29, 0.717) is 18.8 Å². The smallest absolute Gasteiger partial charge is 0.315 e. The minimum absolute atomic E-state index is 0.000591. The molecule has 0 unspecified atom stereocenters. The Kier molecular flexibility index (Phi) is 8.92. The highest BCUT2D eigenvalue weighted by atomic mass is 32.2. The van der Waals surface area contributed by atoms with Gasteiger partial charge in [0.15, 0.2) is 6.29 Å². The van der Waals surface area contributed by atoms with Crippen LogP contribution in [0.5, 0.6) is 0 Å². The highest BCUT2D eigenvalue weighted by Gasteiger charge is 2.38. The Morgan fingerprint density at radius 2 is 1.75 bits per heavy atom. The van der Waals surface area contributed by atoms with Crippen molar-refractivity contribution in [3.05, 3.63) is 70.8 Å². The lowest BCUT2D eigenvalue weighted by atomic mass is 9.91. The van der Waals surface area contributed by atoms with E-state index in [1.807, 2.05) is 62.5 Å². The summed E-state index contributed by atoms with van der Waals surface area (Å²) in [7, 11) is 1.81. The molecule has 36 heavy (non-hydrogen) atoms. The molecule has 192 valence electrons. The minimum Gasteiger partial charge on any atom is -0.392 e. The molecule has 1 aliphatic rings. The number of aryl methyl sites for hydroxylation is 1. The van der Waals surface area contributed by atoms with E-state index in [4.69, 9.17) is 9.47 Å². The van der Waals surface area contributed by atoms with Gasteiger partial charge in [0.05, 0.1) is 18.8 Å². The standard InChI is InChI=1S/C25H32N6O4S/c1-4-26-24(33)27-13-17-5-11-20(12-6-17)23-34-21(15-36-25-28-29-30-31(25)3)16(2)22(35-23)19-9-7-18(14-32)8-10-19/h5-12,16,21-23,32H,4,13-15H2,1-3H3,(H2,26,27,33)/t16-,21+,22+,23+/m1/s1. The van der Waals surface area contributed by atoms with Crippen LogP contribution in [0.1, 0.15) is 48.5 Å². The van der Waals surface area contributed by atoms with E-state index < -0.39 is 6.29 Å². The predicted molar refractivity (Wildman–Crippen MR) is 135 cm³/mol. The van der Waals surface area contributed by atoms with Gasteiger partial charge in [-0.1, -0.05) is 67.2 Å². The number of tetrazole rings is 1. The molecule has 1 aliphatic heterocycles. The number of rotatable bonds is 9. The van der Waals surface area contributed by atoms with E-state index in [1.165, 1.54) is 0 Å². The quantitative estimate of drug-likeness (QED) is 0.374. The van der Waals surface area contributed by atoms with Crippen molar-refractivity contribution < 1.29 is 19.4 Å². The number of aliphatic hydroxyl groups is 1. The summed E-state index contributed by atoms with van der Waals surface area (Å²) in [6.45, 7) is 5.01. The molecule has 11 heteroatoms. The second-order valence-electron chi connectivity index (χ2n) is 8.67. The number of nitrogens with one attached hydrogen (secondary N) is 2. The van der Waals surface area contributed by atoms with E-state index in [0.717, 1.165) is 27.4 Å². The Morgan fingerprint density at radius 3 is 2.39 bits per heavy atom. The fourth-order valence-corrected chi connectivity index (χ4v) is 5.02. The first kappa shape index (κ1) is 26.1. The zero-order valence-corrected chi connectivity index (χ0v) is 21.4. The van der Waals surface area contributed by atoms with Crippen LogP contribution in [0.15, 0.2) is 53.7 Å². The highest BCUT2D eigenvalue weighted by Crippen LogP contribution is 2.42. The Hall–Kier alpha value is -2.99. The molecule has 0 saturated carbocycles. The molecule has 0 radical (unpaired) electrons. The van der Waals surface area contributed by atoms with Crippen molar-refractivity contribution in [3.8, 4) is 0 Å². The molecule has 1 fully saturated rings. The van der Waals surface area contributed by atoms with Crippen molar-refractivity contribution in [2.45, 2.75) is 50.7 Å². The second kappa shape index (κ2) is 12.3. The van der Waals surface area contributed by atoms with Crippen molar-refractivity contribution >= 4 is 17.8 Å². The maximum atomic E-state index is 11.7. The van der Waals surface area contributed by atoms with Crippen LogP contribution in [0, 0.1) is 5.92 Å².